The molecular formula is C14H21N3O. The van der Waals surface area contributed by atoms with Gasteiger partial charge in [-0.15, -0.1) is 0 Å². The van der Waals surface area contributed by atoms with Crippen LogP contribution in [0.15, 0.2) is 24.5 Å². The highest BCUT2D eigenvalue weighted by atomic mass is 16.2. The van der Waals surface area contributed by atoms with E-state index in [9.17, 15) is 4.79 Å². The number of nitrogens with zero attached hydrogens (tertiary/aromatic N) is 2. The van der Waals surface area contributed by atoms with Crippen LogP contribution in [0.3, 0.4) is 0 Å². The molecule has 2 unspecified atom stereocenters. The van der Waals surface area contributed by atoms with E-state index in [4.69, 9.17) is 0 Å². The summed E-state index contributed by atoms with van der Waals surface area (Å²) in [5, 5.41) is 3.35. The van der Waals surface area contributed by atoms with Gasteiger partial charge >= 0.3 is 0 Å². The number of likely N-dealkylation sites (tertiary alicyclic amines) is 1. The van der Waals surface area contributed by atoms with Crippen LogP contribution in [0.4, 0.5) is 0 Å². The molecule has 1 saturated heterocycles. The molecule has 4 nitrogen and oxygen atoms in total. The standard InChI is InChI=1S/C14H21N3O/c1-11(13-5-7-15-8-6-13)16-12(2)14(18)17-9-3-4-10-17/h5-8,11-12,16H,3-4,9-10H2,1-2H3. The van der Waals surface area contributed by atoms with Crippen molar-refractivity contribution in [3.05, 3.63) is 30.1 Å². The second kappa shape index (κ2) is 5.96. The van der Waals surface area contributed by atoms with Crippen LogP contribution in [0.5, 0.6) is 0 Å². The minimum absolute atomic E-state index is 0.133. The first-order valence-corrected chi connectivity index (χ1v) is 6.63. The highest BCUT2D eigenvalue weighted by Crippen LogP contribution is 2.13. The van der Waals surface area contributed by atoms with Crippen LogP contribution in [-0.4, -0.2) is 34.9 Å². The SMILES string of the molecule is CC(NC(C)c1ccncc1)C(=O)N1CCCC1. The zero-order valence-corrected chi connectivity index (χ0v) is 11.1. The lowest BCUT2D eigenvalue weighted by Gasteiger charge is -2.24. The molecule has 0 bridgehead atoms. The molecule has 18 heavy (non-hydrogen) atoms. The molecule has 1 amide bonds. The van der Waals surface area contributed by atoms with E-state index >= 15 is 0 Å². The van der Waals surface area contributed by atoms with E-state index in [2.05, 4.69) is 17.2 Å². The molecule has 0 saturated carbocycles. The molecule has 4 heteroatoms. The molecule has 1 aromatic rings. The van der Waals surface area contributed by atoms with Gasteiger partial charge in [0.05, 0.1) is 6.04 Å². The van der Waals surface area contributed by atoms with E-state index < -0.39 is 0 Å². The maximum Gasteiger partial charge on any atom is 0.239 e. The predicted molar refractivity (Wildman–Crippen MR) is 71.1 cm³/mol. The number of nitrogens with one attached hydrogen (secondary N) is 1. The van der Waals surface area contributed by atoms with Crippen molar-refractivity contribution in [1.29, 1.82) is 0 Å². The van der Waals surface area contributed by atoms with Crippen LogP contribution in [-0.2, 0) is 4.79 Å². The second-order valence-electron chi connectivity index (χ2n) is 4.92. The van der Waals surface area contributed by atoms with Crippen molar-refractivity contribution in [3.8, 4) is 0 Å². The molecule has 0 spiro atoms. The Bertz CT molecular complexity index is 387. The molecule has 1 aromatic heterocycles. The van der Waals surface area contributed by atoms with Gasteiger partial charge in [-0.2, -0.15) is 0 Å². The largest absolute Gasteiger partial charge is 0.341 e. The second-order valence-corrected chi connectivity index (χ2v) is 4.92. The Hall–Kier alpha value is -1.42. The van der Waals surface area contributed by atoms with Crippen molar-refractivity contribution >= 4 is 5.91 Å². The van der Waals surface area contributed by atoms with E-state index in [1.807, 2.05) is 24.0 Å². The van der Waals surface area contributed by atoms with Crippen molar-refractivity contribution in [2.24, 2.45) is 0 Å². The van der Waals surface area contributed by atoms with Crippen LogP contribution in [0, 0.1) is 0 Å². The van der Waals surface area contributed by atoms with Crippen molar-refractivity contribution in [1.82, 2.24) is 15.2 Å². The summed E-state index contributed by atoms with van der Waals surface area (Å²) in [6.45, 7) is 5.84. The van der Waals surface area contributed by atoms with Crippen molar-refractivity contribution in [2.45, 2.75) is 38.8 Å². The van der Waals surface area contributed by atoms with Crippen molar-refractivity contribution in [3.63, 3.8) is 0 Å². The van der Waals surface area contributed by atoms with Crippen LogP contribution < -0.4 is 5.32 Å². The highest BCUT2D eigenvalue weighted by molar-refractivity contribution is 5.81. The number of hydrogen-bond acceptors (Lipinski definition) is 3. The third kappa shape index (κ3) is 3.07. The predicted octanol–water partition coefficient (Wildman–Crippen LogP) is 1.74. The van der Waals surface area contributed by atoms with Gasteiger partial charge in [0, 0.05) is 31.5 Å². The average Bonchev–Trinajstić information content (AvgIpc) is 2.92. The number of carbonyl (C=O) groups excluding carboxylic acids is 1. The van der Waals surface area contributed by atoms with Crippen molar-refractivity contribution in [2.75, 3.05) is 13.1 Å². The Balaban J connectivity index is 1.90. The lowest BCUT2D eigenvalue weighted by atomic mass is 10.1. The molecule has 1 aliphatic heterocycles. The summed E-state index contributed by atoms with van der Waals surface area (Å²) in [6, 6.07) is 3.98. The van der Waals surface area contributed by atoms with E-state index in [0.29, 0.717) is 0 Å². The van der Waals surface area contributed by atoms with Gasteiger partial charge in [-0.25, -0.2) is 0 Å². The summed E-state index contributed by atoms with van der Waals surface area (Å²) in [5.41, 5.74) is 1.16. The summed E-state index contributed by atoms with van der Waals surface area (Å²) >= 11 is 0. The van der Waals surface area contributed by atoms with Gasteiger partial charge < -0.3 is 4.90 Å². The molecule has 98 valence electrons. The highest BCUT2D eigenvalue weighted by Gasteiger charge is 2.24. The Morgan fingerprint density at radius 1 is 1.28 bits per heavy atom. The summed E-state index contributed by atoms with van der Waals surface area (Å²) in [6.07, 6.45) is 5.83. The zero-order chi connectivity index (χ0) is 13.0. The van der Waals surface area contributed by atoms with E-state index in [1.165, 1.54) is 0 Å². The topological polar surface area (TPSA) is 45.2 Å². The summed E-state index contributed by atoms with van der Waals surface area (Å²) in [7, 11) is 0. The van der Waals surface area contributed by atoms with Gasteiger partial charge in [0.2, 0.25) is 5.91 Å². The fraction of sp³-hybridized carbons (Fsp3) is 0.571. The Labute approximate surface area is 108 Å². The molecule has 0 aliphatic carbocycles. The lowest BCUT2D eigenvalue weighted by Crippen LogP contribution is -2.44. The Morgan fingerprint density at radius 2 is 1.89 bits per heavy atom. The van der Waals surface area contributed by atoms with Crippen LogP contribution >= 0.6 is 0 Å². The Kier molecular flexibility index (Phi) is 4.31. The van der Waals surface area contributed by atoms with E-state index in [1.54, 1.807) is 12.4 Å². The first-order valence-electron chi connectivity index (χ1n) is 6.63. The summed E-state index contributed by atoms with van der Waals surface area (Å²) < 4.78 is 0. The van der Waals surface area contributed by atoms with Gasteiger partial charge in [0.1, 0.15) is 0 Å². The van der Waals surface area contributed by atoms with E-state index in [-0.39, 0.29) is 18.0 Å². The lowest BCUT2D eigenvalue weighted by molar-refractivity contribution is -0.132. The number of rotatable bonds is 4. The number of hydrogen-bond donors (Lipinski definition) is 1. The first kappa shape index (κ1) is 13.0. The van der Waals surface area contributed by atoms with Crippen molar-refractivity contribution < 1.29 is 4.79 Å². The van der Waals surface area contributed by atoms with Crippen LogP contribution in [0.25, 0.3) is 0 Å². The van der Waals surface area contributed by atoms with Gasteiger partial charge in [-0.3, -0.25) is 15.1 Å². The number of carbonyl (C=O) groups is 1. The smallest absolute Gasteiger partial charge is 0.239 e. The van der Waals surface area contributed by atoms with Gasteiger partial charge in [0.15, 0.2) is 0 Å². The minimum atomic E-state index is -0.133. The number of amides is 1. The fourth-order valence-electron chi connectivity index (χ4n) is 2.41. The monoisotopic (exact) mass is 247 g/mol. The maximum atomic E-state index is 12.2. The normalized spacial score (nSPS) is 18.7. The van der Waals surface area contributed by atoms with E-state index in [0.717, 1.165) is 31.5 Å². The molecule has 2 heterocycles. The molecule has 0 aromatic carbocycles. The third-order valence-electron chi connectivity index (χ3n) is 3.49. The maximum absolute atomic E-state index is 12.2. The molecular weight excluding hydrogens is 226 g/mol. The molecule has 1 fully saturated rings. The molecule has 0 radical (unpaired) electrons. The summed E-state index contributed by atoms with van der Waals surface area (Å²) in [5.74, 6) is 0.216. The fourth-order valence-corrected chi connectivity index (χ4v) is 2.41. The number of pyridine rings is 1. The van der Waals surface area contributed by atoms with Gasteiger partial charge in [-0.05, 0) is 44.4 Å². The van der Waals surface area contributed by atoms with Gasteiger partial charge in [-0.1, -0.05) is 0 Å². The van der Waals surface area contributed by atoms with Gasteiger partial charge in [0.25, 0.3) is 0 Å². The molecule has 2 atom stereocenters. The quantitative estimate of drug-likeness (QED) is 0.881. The van der Waals surface area contributed by atoms with Crippen LogP contribution in [0.1, 0.15) is 38.3 Å². The third-order valence-corrected chi connectivity index (χ3v) is 3.49. The molecule has 1 aliphatic rings. The summed E-state index contributed by atoms with van der Waals surface area (Å²) in [4.78, 5) is 18.1. The zero-order valence-electron chi connectivity index (χ0n) is 11.1. The average molecular weight is 247 g/mol. The minimum Gasteiger partial charge on any atom is -0.341 e. The first-order chi connectivity index (χ1) is 8.68. The van der Waals surface area contributed by atoms with Crippen LogP contribution in [0.2, 0.25) is 0 Å². The Morgan fingerprint density at radius 3 is 2.50 bits per heavy atom. The molecule has 1 N–H and O–H groups in total. The number of aromatic nitrogens is 1. The molecule has 2 rings (SSSR count).